The van der Waals surface area contributed by atoms with Crippen molar-refractivity contribution < 1.29 is 23.5 Å². The summed E-state index contributed by atoms with van der Waals surface area (Å²) in [4.78, 5) is 32.4. The van der Waals surface area contributed by atoms with E-state index in [1.165, 1.54) is 30.4 Å². The number of ether oxygens (including phenoxy) is 2. The third-order valence-electron chi connectivity index (χ3n) is 5.78. The molecule has 10 heteroatoms. The molecule has 0 radical (unpaired) electrons. The number of amides is 2. The van der Waals surface area contributed by atoms with Crippen LogP contribution in [0.4, 0.5) is 20.0 Å². The van der Waals surface area contributed by atoms with Gasteiger partial charge in [-0.25, -0.2) is 14.2 Å². The monoisotopic (exact) mass is 526 g/mol. The number of aromatic nitrogens is 1. The fourth-order valence-electron chi connectivity index (χ4n) is 4.10. The third kappa shape index (κ3) is 6.19. The Morgan fingerprint density at radius 1 is 1.08 bits per heavy atom. The Hall–Kier alpha value is -3.66. The van der Waals surface area contributed by atoms with E-state index in [2.05, 4.69) is 10.2 Å². The van der Waals surface area contributed by atoms with Gasteiger partial charge in [0.05, 0.1) is 18.5 Å². The maximum Gasteiger partial charge on any atom is 0.410 e. The standard InChI is InChI=1S/C27H31FN4O4S/c1-17(33)29-22-10-9-18(15-21(22)28)19-7-6-8-20(24(19)35-5)23-16-37-25(30-23)31-11-13-32(14-12-31)26(34)36-27(2,3)4/h6-10,15-16H,11-14H2,1-5H3,(H,29,33). The van der Waals surface area contributed by atoms with Crippen LogP contribution in [-0.2, 0) is 9.53 Å². The highest BCUT2D eigenvalue weighted by atomic mass is 32.1. The summed E-state index contributed by atoms with van der Waals surface area (Å²) in [6, 6.07) is 10.3. The number of piperazine rings is 1. The van der Waals surface area contributed by atoms with E-state index in [9.17, 15) is 14.0 Å². The number of halogens is 1. The molecule has 0 bridgehead atoms. The van der Waals surface area contributed by atoms with E-state index in [0.29, 0.717) is 43.1 Å². The zero-order valence-electron chi connectivity index (χ0n) is 21.6. The van der Waals surface area contributed by atoms with Crippen molar-refractivity contribution in [1.29, 1.82) is 0 Å². The zero-order chi connectivity index (χ0) is 26.7. The molecule has 1 fully saturated rings. The lowest BCUT2D eigenvalue weighted by Gasteiger charge is -2.35. The van der Waals surface area contributed by atoms with Crippen LogP contribution < -0.4 is 15.0 Å². The number of hydrogen-bond acceptors (Lipinski definition) is 7. The molecule has 0 saturated carbocycles. The highest BCUT2D eigenvalue weighted by molar-refractivity contribution is 7.14. The van der Waals surface area contributed by atoms with Gasteiger partial charge in [-0.1, -0.05) is 18.2 Å². The number of nitrogens with zero attached hydrogens (tertiary/aromatic N) is 3. The topological polar surface area (TPSA) is 84.0 Å². The highest BCUT2D eigenvalue weighted by Crippen LogP contribution is 2.40. The van der Waals surface area contributed by atoms with E-state index in [-0.39, 0.29) is 17.7 Å². The average molecular weight is 527 g/mol. The van der Waals surface area contributed by atoms with E-state index in [0.717, 1.165) is 16.4 Å². The number of para-hydroxylation sites is 1. The number of carbonyl (C=O) groups is 2. The predicted molar refractivity (Wildman–Crippen MR) is 144 cm³/mol. The molecule has 0 unspecified atom stereocenters. The van der Waals surface area contributed by atoms with Crippen molar-refractivity contribution in [2.75, 3.05) is 43.5 Å². The maximum atomic E-state index is 14.6. The molecule has 1 N–H and O–H groups in total. The van der Waals surface area contributed by atoms with Gasteiger partial charge in [0.15, 0.2) is 5.13 Å². The van der Waals surface area contributed by atoms with E-state index < -0.39 is 11.4 Å². The number of thiazole rings is 1. The van der Waals surface area contributed by atoms with Gasteiger partial charge < -0.3 is 24.6 Å². The molecule has 3 aromatic rings. The first-order chi connectivity index (χ1) is 17.6. The summed E-state index contributed by atoms with van der Waals surface area (Å²) in [5.74, 6) is -0.279. The number of hydrogen-bond donors (Lipinski definition) is 1. The Kier molecular flexibility index (Phi) is 7.68. The lowest BCUT2D eigenvalue weighted by atomic mass is 9.99. The Morgan fingerprint density at radius 3 is 2.41 bits per heavy atom. The van der Waals surface area contributed by atoms with Crippen molar-refractivity contribution in [3.63, 3.8) is 0 Å². The van der Waals surface area contributed by atoms with Crippen molar-refractivity contribution in [2.45, 2.75) is 33.3 Å². The van der Waals surface area contributed by atoms with Gasteiger partial charge in [0.25, 0.3) is 0 Å². The van der Waals surface area contributed by atoms with Gasteiger partial charge in [-0.05, 0) is 44.5 Å². The molecular formula is C27H31FN4O4S. The number of rotatable bonds is 5. The van der Waals surface area contributed by atoms with Gasteiger partial charge in [-0.2, -0.15) is 0 Å². The lowest BCUT2D eigenvalue weighted by Crippen LogP contribution is -2.50. The van der Waals surface area contributed by atoms with Gasteiger partial charge in [0.2, 0.25) is 5.91 Å². The number of nitrogens with one attached hydrogen (secondary N) is 1. The summed E-state index contributed by atoms with van der Waals surface area (Å²) >= 11 is 1.53. The average Bonchev–Trinajstić information content (AvgIpc) is 3.34. The fourth-order valence-corrected chi connectivity index (χ4v) is 4.98. The number of anilines is 2. The highest BCUT2D eigenvalue weighted by Gasteiger charge is 2.27. The normalized spacial score (nSPS) is 13.9. The molecule has 2 amide bonds. The molecule has 0 atom stereocenters. The Bertz CT molecular complexity index is 1300. The number of carbonyl (C=O) groups excluding carboxylic acids is 2. The van der Waals surface area contributed by atoms with Crippen LogP contribution in [0, 0.1) is 5.82 Å². The summed E-state index contributed by atoms with van der Waals surface area (Å²) < 4.78 is 25.9. The third-order valence-corrected chi connectivity index (χ3v) is 6.68. The molecule has 8 nitrogen and oxygen atoms in total. The lowest BCUT2D eigenvalue weighted by molar-refractivity contribution is -0.114. The molecule has 1 aromatic heterocycles. The minimum Gasteiger partial charge on any atom is -0.495 e. The van der Waals surface area contributed by atoms with Crippen LogP contribution in [-0.4, -0.2) is 60.8 Å². The molecule has 0 aliphatic carbocycles. The molecule has 37 heavy (non-hydrogen) atoms. The summed E-state index contributed by atoms with van der Waals surface area (Å²) in [5, 5.41) is 5.31. The fraction of sp³-hybridized carbons (Fsp3) is 0.370. The number of methoxy groups -OCH3 is 1. The molecule has 1 saturated heterocycles. The Balaban J connectivity index is 1.53. The summed E-state index contributed by atoms with van der Waals surface area (Å²) in [7, 11) is 1.58. The molecular weight excluding hydrogens is 495 g/mol. The van der Waals surface area contributed by atoms with Crippen LogP contribution >= 0.6 is 11.3 Å². The first kappa shape index (κ1) is 26.4. The van der Waals surface area contributed by atoms with Crippen LogP contribution in [0.1, 0.15) is 27.7 Å². The molecule has 2 aromatic carbocycles. The predicted octanol–water partition coefficient (Wildman–Crippen LogP) is 5.64. The van der Waals surface area contributed by atoms with Gasteiger partial charge in [-0.15, -0.1) is 11.3 Å². The van der Waals surface area contributed by atoms with Crippen molar-refractivity contribution in [3.8, 4) is 28.1 Å². The van der Waals surface area contributed by atoms with E-state index in [4.69, 9.17) is 14.5 Å². The maximum absolute atomic E-state index is 14.6. The van der Waals surface area contributed by atoms with Crippen LogP contribution in [0.5, 0.6) is 5.75 Å². The largest absolute Gasteiger partial charge is 0.495 e. The molecule has 1 aliphatic rings. The van der Waals surface area contributed by atoms with Crippen molar-refractivity contribution in [1.82, 2.24) is 9.88 Å². The second-order valence-corrected chi connectivity index (χ2v) is 10.6. The minimum atomic E-state index is -0.526. The van der Waals surface area contributed by atoms with Gasteiger partial charge in [-0.3, -0.25) is 4.79 Å². The van der Waals surface area contributed by atoms with Crippen molar-refractivity contribution in [3.05, 3.63) is 47.6 Å². The second-order valence-electron chi connectivity index (χ2n) is 9.73. The van der Waals surface area contributed by atoms with E-state index in [1.54, 1.807) is 18.1 Å². The van der Waals surface area contributed by atoms with Crippen LogP contribution in [0.2, 0.25) is 0 Å². The van der Waals surface area contributed by atoms with Crippen LogP contribution in [0.25, 0.3) is 22.4 Å². The second kappa shape index (κ2) is 10.8. The summed E-state index contributed by atoms with van der Waals surface area (Å²) in [6.45, 7) is 9.34. The SMILES string of the molecule is COc1c(-c2ccc(NC(C)=O)c(F)c2)cccc1-c1csc(N2CCN(C(=O)OC(C)(C)C)CC2)n1. The molecule has 4 rings (SSSR count). The smallest absolute Gasteiger partial charge is 0.410 e. The quantitative estimate of drug-likeness (QED) is 0.463. The van der Waals surface area contributed by atoms with Gasteiger partial charge in [0, 0.05) is 49.6 Å². The first-order valence-electron chi connectivity index (χ1n) is 12.0. The Labute approximate surface area is 220 Å². The molecule has 2 heterocycles. The van der Waals surface area contributed by atoms with Crippen LogP contribution in [0.15, 0.2) is 41.8 Å². The molecule has 196 valence electrons. The van der Waals surface area contributed by atoms with Gasteiger partial charge in [0.1, 0.15) is 17.2 Å². The molecule has 0 spiro atoms. The summed E-state index contributed by atoms with van der Waals surface area (Å²) in [6.07, 6.45) is -0.296. The summed E-state index contributed by atoms with van der Waals surface area (Å²) in [5.41, 5.74) is 2.49. The van der Waals surface area contributed by atoms with Crippen LogP contribution in [0.3, 0.4) is 0 Å². The van der Waals surface area contributed by atoms with E-state index in [1.807, 2.05) is 44.4 Å². The Morgan fingerprint density at radius 2 is 1.78 bits per heavy atom. The molecule has 1 aliphatic heterocycles. The number of benzene rings is 2. The van der Waals surface area contributed by atoms with E-state index >= 15 is 0 Å². The zero-order valence-corrected chi connectivity index (χ0v) is 22.4. The van der Waals surface area contributed by atoms with Gasteiger partial charge >= 0.3 is 6.09 Å². The van der Waals surface area contributed by atoms with Crippen molar-refractivity contribution >= 4 is 34.2 Å². The first-order valence-corrected chi connectivity index (χ1v) is 12.9. The minimum absolute atomic E-state index is 0.127. The van der Waals surface area contributed by atoms with Crippen molar-refractivity contribution in [2.24, 2.45) is 0 Å².